The molecule has 0 heterocycles. The highest BCUT2D eigenvalue weighted by Gasteiger charge is 2.41. The monoisotopic (exact) mass is 200 g/mol. The van der Waals surface area contributed by atoms with Crippen molar-refractivity contribution in [2.75, 3.05) is 13.7 Å². The summed E-state index contributed by atoms with van der Waals surface area (Å²) in [6.07, 6.45) is 2.09. The first-order valence-electron chi connectivity index (χ1n) is 5.30. The van der Waals surface area contributed by atoms with Gasteiger partial charge in [-0.1, -0.05) is 13.8 Å². The zero-order valence-corrected chi connectivity index (χ0v) is 9.19. The van der Waals surface area contributed by atoms with Gasteiger partial charge in [0.15, 0.2) is 0 Å². The van der Waals surface area contributed by atoms with Crippen molar-refractivity contribution in [2.24, 2.45) is 23.7 Å². The Morgan fingerprint density at radius 1 is 1.57 bits per heavy atom. The maximum atomic E-state index is 11.6. The number of methoxy groups -OCH3 is 1. The van der Waals surface area contributed by atoms with Gasteiger partial charge in [-0.15, -0.1) is 0 Å². The van der Waals surface area contributed by atoms with Crippen LogP contribution in [0.2, 0.25) is 0 Å². The van der Waals surface area contributed by atoms with E-state index in [4.69, 9.17) is 9.84 Å². The van der Waals surface area contributed by atoms with E-state index < -0.39 is 0 Å². The van der Waals surface area contributed by atoms with Crippen LogP contribution < -0.4 is 0 Å². The second-order valence-electron chi connectivity index (χ2n) is 4.43. The zero-order chi connectivity index (χ0) is 10.7. The van der Waals surface area contributed by atoms with Gasteiger partial charge in [0.25, 0.3) is 0 Å². The molecule has 3 heteroatoms. The summed E-state index contributed by atoms with van der Waals surface area (Å²) in [6, 6.07) is 0. The number of hydrogen-bond donors (Lipinski definition) is 1. The normalized spacial score (nSPS) is 34.1. The molecule has 0 saturated heterocycles. The lowest BCUT2D eigenvalue weighted by atomic mass is 9.82. The van der Waals surface area contributed by atoms with Gasteiger partial charge in [0.1, 0.15) is 0 Å². The Hall–Kier alpha value is -0.570. The van der Waals surface area contributed by atoms with Gasteiger partial charge in [-0.2, -0.15) is 0 Å². The molecule has 14 heavy (non-hydrogen) atoms. The van der Waals surface area contributed by atoms with E-state index in [0.29, 0.717) is 11.8 Å². The van der Waals surface area contributed by atoms with E-state index in [9.17, 15) is 4.79 Å². The lowest BCUT2D eigenvalue weighted by molar-refractivity contribution is -0.148. The number of carbonyl (C=O) groups is 1. The van der Waals surface area contributed by atoms with Crippen LogP contribution in [0.1, 0.15) is 26.7 Å². The van der Waals surface area contributed by atoms with E-state index in [1.165, 1.54) is 7.11 Å². The van der Waals surface area contributed by atoms with Gasteiger partial charge in [0, 0.05) is 6.61 Å². The van der Waals surface area contributed by atoms with Crippen molar-refractivity contribution in [3.05, 3.63) is 0 Å². The van der Waals surface area contributed by atoms with Crippen LogP contribution in [0, 0.1) is 23.7 Å². The maximum Gasteiger partial charge on any atom is 0.309 e. The Morgan fingerprint density at radius 2 is 2.21 bits per heavy atom. The number of ether oxygens (including phenoxy) is 1. The Labute approximate surface area is 85.5 Å². The molecule has 1 rings (SSSR count). The van der Waals surface area contributed by atoms with Gasteiger partial charge in [0.05, 0.1) is 13.0 Å². The van der Waals surface area contributed by atoms with Crippen LogP contribution in [0.5, 0.6) is 0 Å². The van der Waals surface area contributed by atoms with E-state index in [1.807, 2.05) is 6.92 Å². The average molecular weight is 200 g/mol. The Bertz CT molecular complexity index is 203. The van der Waals surface area contributed by atoms with E-state index in [0.717, 1.165) is 12.8 Å². The fourth-order valence-electron chi connectivity index (χ4n) is 2.55. The number of esters is 1. The standard InChI is InChI=1S/C11H20O3/c1-7-4-5-9(8(2)6-12)10(7)11(13)14-3/h7-10,12H,4-6H2,1-3H3/t7-,8?,9+,10+/m1/s1. The Kier molecular flexibility index (Phi) is 3.93. The molecule has 0 aromatic heterocycles. The van der Waals surface area contributed by atoms with Crippen molar-refractivity contribution in [2.45, 2.75) is 26.7 Å². The van der Waals surface area contributed by atoms with Crippen LogP contribution in [0.4, 0.5) is 0 Å². The third kappa shape index (κ3) is 2.08. The fraction of sp³-hybridized carbons (Fsp3) is 0.909. The highest BCUT2D eigenvalue weighted by molar-refractivity contribution is 5.73. The molecule has 4 atom stereocenters. The van der Waals surface area contributed by atoms with Crippen LogP contribution >= 0.6 is 0 Å². The molecule has 1 saturated carbocycles. The van der Waals surface area contributed by atoms with E-state index >= 15 is 0 Å². The van der Waals surface area contributed by atoms with Crippen LogP contribution in [0.3, 0.4) is 0 Å². The Morgan fingerprint density at radius 3 is 2.71 bits per heavy atom. The number of carbonyl (C=O) groups excluding carboxylic acids is 1. The molecule has 0 aliphatic heterocycles. The zero-order valence-electron chi connectivity index (χ0n) is 9.19. The third-order valence-corrected chi connectivity index (χ3v) is 3.52. The van der Waals surface area contributed by atoms with Crippen LogP contribution in [0.25, 0.3) is 0 Å². The third-order valence-electron chi connectivity index (χ3n) is 3.52. The summed E-state index contributed by atoms with van der Waals surface area (Å²) in [5.74, 6) is 0.760. The smallest absolute Gasteiger partial charge is 0.309 e. The van der Waals surface area contributed by atoms with Gasteiger partial charge < -0.3 is 9.84 Å². The second kappa shape index (κ2) is 4.78. The van der Waals surface area contributed by atoms with Gasteiger partial charge >= 0.3 is 5.97 Å². The molecule has 0 radical (unpaired) electrons. The van der Waals surface area contributed by atoms with E-state index in [1.54, 1.807) is 0 Å². The number of aliphatic hydroxyl groups excluding tert-OH is 1. The molecule has 0 spiro atoms. The van der Waals surface area contributed by atoms with Crippen LogP contribution in [-0.4, -0.2) is 24.8 Å². The molecule has 0 amide bonds. The quantitative estimate of drug-likeness (QED) is 0.701. The molecule has 82 valence electrons. The number of hydrogen-bond acceptors (Lipinski definition) is 3. The first-order valence-corrected chi connectivity index (χ1v) is 5.30. The molecule has 1 fully saturated rings. The van der Waals surface area contributed by atoms with Gasteiger partial charge in [-0.25, -0.2) is 0 Å². The predicted octanol–water partition coefficient (Wildman–Crippen LogP) is 1.45. The minimum absolute atomic E-state index is 0.0119. The summed E-state index contributed by atoms with van der Waals surface area (Å²) in [7, 11) is 1.44. The maximum absolute atomic E-state index is 11.6. The lowest BCUT2D eigenvalue weighted by Crippen LogP contribution is -2.29. The summed E-state index contributed by atoms with van der Waals surface area (Å²) in [6.45, 7) is 4.25. The topological polar surface area (TPSA) is 46.5 Å². The number of aliphatic hydroxyl groups is 1. The molecule has 3 nitrogen and oxygen atoms in total. The summed E-state index contributed by atoms with van der Waals surface area (Å²) in [5, 5.41) is 9.10. The molecule has 1 aliphatic rings. The molecule has 1 unspecified atom stereocenters. The number of rotatable bonds is 3. The van der Waals surface area contributed by atoms with Gasteiger partial charge in [0.2, 0.25) is 0 Å². The van der Waals surface area contributed by atoms with Crippen molar-refractivity contribution < 1.29 is 14.6 Å². The minimum Gasteiger partial charge on any atom is -0.469 e. The molecular formula is C11H20O3. The highest BCUT2D eigenvalue weighted by Crippen LogP contribution is 2.41. The Balaban J connectivity index is 2.71. The summed E-state index contributed by atoms with van der Waals surface area (Å²) in [5.41, 5.74) is 0. The predicted molar refractivity (Wildman–Crippen MR) is 53.6 cm³/mol. The van der Waals surface area contributed by atoms with Gasteiger partial charge in [-0.05, 0) is 30.6 Å². The SMILES string of the molecule is COC(=O)[C@H]1[C@H](C)CC[C@H]1C(C)CO. The summed E-state index contributed by atoms with van der Waals surface area (Å²) >= 11 is 0. The molecule has 0 aromatic rings. The first-order chi connectivity index (χ1) is 6.61. The molecule has 0 bridgehead atoms. The molecule has 1 aliphatic carbocycles. The van der Waals surface area contributed by atoms with Crippen molar-refractivity contribution >= 4 is 5.97 Å². The van der Waals surface area contributed by atoms with E-state index in [2.05, 4.69) is 6.92 Å². The average Bonchev–Trinajstić information content (AvgIpc) is 2.58. The van der Waals surface area contributed by atoms with Crippen molar-refractivity contribution in [3.8, 4) is 0 Å². The largest absolute Gasteiger partial charge is 0.469 e. The van der Waals surface area contributed by atoms with Crippen molar-refractivity contribution in [3.63, 3.8) is 0 Å². The second-order valence-corrected chi connectivity index (χ2v) is 4.43. The van der Waals surface area contributed by atoms with Crippen LogP contribution in [0.15, 0.2) is 0 Å². The summed E-state index contributed by atoms with van der Waals surface area (Å²) < 4.78 is 4.81. The summed E-state index contributed by atoms with van der Waals surface area (Å²) in [4.78, 5) is 11.6. The van der Waals surface area contributed by atoms with Gasteiger partial charge in [-0.3, -0.25) is 4.79 Å². The highest BCUT2D eigenvalue weighted by atomic mass is 16.5. The van der Waals surface area contributed by atoms with Crippen molar-refractivity contribution in [1.82, 2.24) is 0 Å². The minimum atomic E-state index is -0.111. The molecule has 1 N–H and O–H groups in total. The molecular weight excluding hydrogens is 180 g/mol. The van der Waals surface area contributed by atoms with E-state index in [-0.39, 0.29) is 24.4 Å². The lowest BCUT2D eigenvalue weighted by Gasteiger charge is -2.24. The first kappa shape index (κ1) is 11.5. The molecule has 0 aromatic carbocycles. The van der Waals surface area contributed by atoms with Crippen molar-refractivity contribution in [1.29, 1.82) is 0 Å². The fourth-order valence-corrected chi connectivity index (χ4v) is 2.55. The van der Waals surface area contributed by atoms with Crippen LogP contribution in [-0.2, 0) is 9.53 Å².